The SMILES string of the molecule is CS(=O)(=O)c1ccc(NCCCOC2CCNCC2)cc1. The van der Waals surface area contributed by atoms with Crippen LogP contribution in [0.25, 0.3) is 0 Å². The smallest absolute Gasteiger partial charge is 0.175 e. The van der Waals surface area contributed by atoms with Gasteiger partial charge in [0.15, 0.2) is 9.84 Å². The summed E-state index contributed by atoms with van der Waals surface area (Å²) in [6, 6.07) is 6.85. The molecule has 1 saturated heterocycles. The lowest BCUT2D eigenvalue weighted by atomic mass is 10.1. The van der Waals surface area contributed by atoms with Crippen molar-refractivity contribution >= 4 is 15.5 Å². The molecule has 0 spiro atoms. The lowest BCUT2D eigenvalue weighted by Crippen LogP contribution is -2.32. The van der Waals surface area contributed by atoms with E-state index in [1.165, 1.54) is 6.26 Å². The quantitative estimate of drug-likeness (QED) is 0.750. The highest BCUT2D eigenvalue weighted by Crippen LogP contribution is 2.14. The second-order valence-corrected chi connectivity index (χ2v) is 7.41. The van der Waals surface area contributed by atoms with E-state index >= 15 is 0 Å². The van der Waals surface area contributed by atoms with Gasteiger partial charge in [0.1, 0.15) is 0 Å². The van der Waals surface area contributed by atoms with Crippen molar-refractivity contribution in [1.29, 1.82) is 0 Å². The van der Waals surface area contributed by atoms with Crippen molar-refractivity contribution in [2.24, 2.45) is 0 Å². The second-order valence-electron chi connectivity index (χ2n) is 5.40. The summed E-state index contributed by atoms with van der Waals surface area (Å²) < 4.78 is 28.5. The maximum absolute atomic E-state index is 11.4. The van der Waals surface area contributed by atoms with E-state index in [9.17, 15) is 8.42 Å². The van der Waals surface area contributed by atoms with Gasteiger partial charge in [0.05, 0.1) is 11.0 Å². The highest BCUT2D eigenvalue weighted by Gasteiger charge is 2.12. The summed E-state index contributed by atoms with van der Waals surface area (Å²) in [4.78, 5) is 0.349. The van der Waals surface area contributed by atoms with Crippen molar-refractivity contribution in [1.82, 2.24) is 5.32 Å². The van der Waals surface area contributed by atoms with E-state index in [1.54, 1.807) is 24.3 Å². The molecule has 1 aromatic carbocycles. The fourth-order valence-corrected chi connectivity index (χ4v) is 2.97. The molecular formula is C15H24N2O3S. The number of sulfone groups is 1. The van der Waals surface area contributed by atoms with Crippen LogP contribution in [0.4, 0.5) is 5.69 Å². The zero-order chi connectivity index (χ0) is 15.1. The van der Waals surface area contributed by atoms with Crippen LogP contribution in [0.5, 0.6) is 0 Å². The third-order valence-electron chi connectivity index (χ3n) is 3.57. The van der Waals surface area contributed by atoms with Gasteiger partial charge in [-0.3, -0.25) is 0 Å². The van der Waals surface area contributed by atoms with Gasteiger partial charge in [-0.25, -0.2) is 8.42 Å². The number of hydrogen-bond acceptors (Lipinski definition) is 5. The van der Waals surface area contributed by atoms with Crippen LogP contribution in [0.2, 0.25) is 0 Å². The monoisotopic (exact) mass is 312 g/mol. The molecule has 1 heterocycles. The standard InChI is InChI=1S/C15H24N2O3S/c1-21(18,19)15-5-3-13(4-6-15)17-9-2-12-20-14-7-10-16-11-8-14/h3-6,14,16-17H,2,7-12H2,1H3. The lowest BCUT2D eigenvalue weighted by Gasteiger charge is -2.22. The molecule has 21 heavy (non-hydrogen) atoms. The van der Waals surface area contributed by atoms with Crippen molar-refractivity contribution in [3.8, 4) is 0 Å². The van der Waals surface area contributed by atoms with Crippen LogP contribution in [0.1, 0.15) is 19.3 Å². The second kappa shape index (κ2) is 7.77. The molecule has 0 bridgehead atoms. The minimum Gasteiger partial charge on any atom is -0.385 e. The van der Waals surface area contributed by atoms with Gasteiger partial charge in [-0.15, -0.1) is 0 Å². The minimum atomic E-state index is -3.11. The molecule has 6 heteroatoms. The average Bonchev–Trinajstić information content (AvgIpc) is 2.47. The van der Waals surface area contributed by atoms with E-state index in [2.05, 4.69) is 10.6 Å². The first-order valence-corrected chi connectivity index (χ1v) is 9.31. The molecule has 0 atom stereocenters. The number of anilines is 1. The maximum Gasteiger partial charge on any atom is 0.175 e. The number of rotatable bonds is 7. The average molecular weight is 312 g/mol. The van der Waals surface area contributed by atoms with Gasteiger partial charge in [0.25, 0.3) is 0 Å². The predicted molar refractivity (Wildman–Crippen MR) is 84.5 cm³/mol. The van der Waals surface area contributed by atoms with Crippen molar-refractivity contribution in [2.75, 3.05) is 37.8 Å². The number of ether oxygens (including phenoxy) is 1. The molecule has 0 unspecified atom stereocenters. The van der Waals surface area contributed by atoms with E-state index in [0.29, 0.717) is 11.0 Å². The van der Waals surface area contributed by atoms with Crippen LogP contribution in [0, 0.1) is 0 Å². The molecule has 0 saturated carbocycles. The summed E-state index contributed by atoms with van der Waals surface area (Å²) in [6.07, 6.45) is 4.76. The van der Waals surface area contributed by atoms with Crippen LogP contribution in [-0.4, -0.2) is 47.0 Å². The van der Waals surface area contributed by atoms with E-state index in [-0.39, 0.29) is 0 Å². The van der Waals surface area contributed by atoms with E-state index in [4.69, 9.17) is 4.74 Å². The van der Waals surface area contributed by atoms with Crippen molar-refractivity contribution in [3.63, 3.8) is 0 Å². The van der Waals surface area contributed by atoms with Crippen LogP contribution in [-0.2, 0) is 14.6 Å². The van der Waals surface area contributed by atoms with E-state index in [0.717, 1.165) is 51.2 Å². The van der Waals surface area contributed by atoms with Crippen LogP contribution < -0.4 is 10.6 Å². The van der Waals surface area contributed by atoms with Crippen molar-refractivity contribution < 1.29 is 13.2 Å². The van der Waals surface area contributed by atoms with E-state index < -0.39 is 9.84 Å². The lowest BCUT2D eigenvalue weighted by molar-refractivity contribution is 0.0329. The summed E-state index contributed by atoms with van der Waals surface area (Å²) in [5.74, 6) is 0. The van der Waals surface area contributed by atoms with Gasteiger partial charge in [0.2, 0.25) is 0 Å². The fraction of sp³-hybridized carbons (Fsp3) is 0.600. The Hall–Kier alpha value is -1.11. The first-order chi connectivity index (χ1) is 10.1. The molecule has 0 aromatic heterocycles. The maximum atomic E-state index is 11.4. The molecule has 1 aliphatic rings. The Kier molecular flexibility index (Phi) is 6.02. The fourth-order valence-electron chi connectivity index (χ4n) is 2.34. The topological polar surface area (TPSA) is 67.4 Å². The summed E-state index contributed by atoms with van der Waals surface area (Å²) in [6.45, 7) is 3.69. The van der Waals surface area contributed by atoms with Gasteiger partial charge in [-0.05, 0) is 56.6 Å². The first kappa shape index (κ1) is 16.3. The molecule has 1 aromatic rings. The predicted octanol–water partition coefficient (Wildman–Crippen LogP) is 1.66. The zero-order valence-corrected chi connectivity index (χ0v) is 13.3. The molecular weight excluding hydrogens is 288 g/mol. The normalized spacial score (nSPS) is 16.8. The van der Waals surface area contributed by atoms with Crippen molar-refractivity contribution in [2.45, 2.75) is 30.3 Å². The van der Waals surface area contributed by atoms with Gasteiger partial charge >= 0.3 is 0 Å². The summed E-state index contributed by atoms with van der Waals surface area (Å²) in [7, 11) is -3.11. The Balaban J connectivity index is 1.64. The highest BCUT2D eigenvalue weighted by atomic mass is 32.2. The zero-order valence-electron chi connectivity index (χ0n) is 12.5. The Morgan fingerprint density at radius 3 is 2.52 bits per heavy atom. The van der Waals surface area contributed by atoms with Gasteiger partial charge in [-0.1, -0.05) is 0 Å². The van der Waals surface area contributed by atoms with Gasteiger partial charge < -0.3 is 15.4 Å². The number of piperidine rings is 1. The summed E-state index contributed by atoms with van der Waals surface area (Å²) in [5.41, 5.74) is 0.935. The Bertz CT molecular complexity index is 522. The Morgan fingerprint density at radius 1 is 1.24 bits per heavy atom. The molecule has 118 valence electrons. The van der Waals surface area contributed by atoms with Gasteiger partial charge in [-0.2, -0.15) is 0 Å². The minimum absolute atomic E-state index is 0.349. The number of hydrogen-bond donors (Lipinski definition) is 2. The first-order valence-electron chi connectivity index (χ1n) is 7.42. The number of nitrogens with one attached hydrogen (secondary N) is 2. The molecule has 1 fully saturated rings. The summed E-state index contributed by atoms with van der Waals surface area (Å²) >= 11 is 0. The molecule has 2 rings (SSSR count). The Morgan fingerprint density at radius 2 is 1.90 bits per heavy atom. The van der Waals surface area contributed by atoms with Crippen LogP contribution in [0.3, 0.4) is 0 Å². The number of benzene rings is 1. The summed E-state index contributed by atoms with van der Waals surface area (Å²) in [5, 5.41) is 6.59. The third-order valence-corrected chi connectivity index (χ3v) is 4.70. The molecule has 0 radical (unpaired) electrons. The van der Waals surface area contributed by atoms with Crippen LogP contribution in [0.15, 0.2) is 29.2 Å². The van der Waals surface area contributed by atoms with E-state index in [1.807, 2.05) is 0 Å². The van der Waals surface area contributed by atoms with Crippen LogP contribution >= 0.6 is 0 Å². The van der Waals surface area contributed by atoms with Crippen molar-refractivity contribution in [3.05, 3.63) is 24.3 Å². The Labute approximate surface area is 127 Å². The highest BCUT2D eigenvalue weighted by molar-refractivity contribution is 7.90. The molecule has 2 N–H and O–H groups in total. The third kappa shape index (κ3) is 5.65. The molecule has 1 aliphatic heterocycles. The molecule has 0 amide bonds. The van der Waals surface area contributed by atoms with Gasteiger partial charge in [0, 0.05) is 25.1 Å². The molecule has 5 nitrogen and oxygen atoms in total. The largest absolute Gasteiger partial charge is 0.385 e. The molecule has 0 aliphatic carbocycles.